The Hall–Kier alpha value is -0.0205. The fourth-order valence-electron chi connectivity index (χ4n) is 0.363. The van der Waals surface area contributed by atoms with E-state index in [9.17, 15) is 3.83 Å². The van der Waals surface area contributed by atoms with Gasteiger partial charge >= 0.3 is 54.8 Å². The van der Waals surface area contributed by atoms with Crippen molar-refractivity contribution in [1.29, 1.82) is 0 Å². The van der Waals surface area contributed by atoms with Gasteiger partial charge in [-0.1, -0.05) is 0 Å². The molecule has 0 spiro atoms. The quantitative estimate of drug-likeness (QED) is 0.633. The normalized spacial score (nSPS) is 13.6. The molecule has 1 aromatic heterocycles. The van der Waals surface area contributed by atoms with Crippen LogP contribution in [0.3, 0.4) is 0 Å². The van der Waals surface area contributed by atoms with Gasteiger partial charge in [0, 0.05) is 0 Å². The van der Waals surface area contributed by atoms with E-state index in [1.165, 1.54) is 11.3 Å². The van der Waals surface area contributed by atoms with Gasteiger partial charge in [-0.05, 0) is 0 Å². The minimum absolute atomic E-state index is 0.602. The van der Waals surface area contributed by atoms with Crippen LogP contribution < -0.4 is 3.78 Å². The molecule has 1 unspecified atom stereocenters. The summed E-state index contributed by atoms with van der Waals surface area (Å²) in [4.78, 5) is 0. The summed E-state index contributed by atoms with van der Waals surface area (Å²) in [5.74, 6) is 0. The summed E-state index contributed by atoms with van der Waals surface area (Å²) in [6.45, 7) is 0. The zero-order valence-electron chi connectivity index (χ0n) is 3.90. The van der Waals surface area contributed by atoms with E-state index in [2.05, 4.69) is 0 Å². The monoisotopic (exact) mass is 196 g/mol. The van der Waals surface area contributed by atoms with Crippen molar-refractivity contribution < 1.29 is 8.02 Å². The molecule has 0 aromatic carbocycles. The second kappa shape index (κ2) is 2.51. The first-order valence-electron chi connectivity index (χ1n) is 1.95. The molecule has 0 aliphatic carbocycles. The second-order valence-electron chi connectivity index (χ2n) is 1.18. The van der Waals surface area contributed by atoms with Gasteiger partial charge in [0.1, 0.15) is 0 Å². The van der Waals surface area contributed by atoms with Gasteiger partial charge in [-0.2, -0.15) is 0 Å². The summed E-state index contributed by atoms with van der Waals surface area (Å²) in [5.41, 5.74) is 0. The Labute approximate surface area is 55.2 Å². The zero-order chi connectivity index (χ0) is 5.98. The van der Waals surface area contributed by atoms with Crippen molar-refractivity contribution in [1.82, 2.24) is 0 Å². The Morgan fingerprint density at radius 1 is 1.75 bits per heavy atom. The molecule has 0 saturated carbocycles. The van der Waals surface area contributed by atoms with Gasteiger partial charge in [-0.15, -0.1) is 0 Å². The van der Waals surface area contributed by atoms with Crippen molar-refractivity contribution in [2.45, 2.75) is 0 Å². The van der Waals surface area contributed by atoms with Crippen molar-refractivity contribution in [3.05, 3.63) is 17.5 Å². The van der Waals surface area contributed by atoms with Crippen LogP contribution in [-0.2, 0) is 3.83 Å². The predicted molar refractivity (Wildman–Crippen MR) is 32.6 cm³/mol. The van der Waals surface area contributed by atoms with Gasteiger partial charge < -0.3 is 0 Å². The summed E-state index contributed by atoms with van der Waals surface area (Å²) in [5, 5.41) is 1.79. The van der Waals surface area contributed by atoms with Crippen LogP contribution in [0, 0.1) is 0 Å². The molecule has 0 amide bonds. The molecule has 1 heterocycles. The van der Waals surface area contributed by atoms with Gasteiger partial charge in [0.15, 0.2) is 0 Å². The van der Waals surface area contributed by atoms with E-state index in [-0.39, 0.29) is 0 Å². The first-order valence-corrected chi connectivity index (χ1v) is 5.15. The maximum absolute atomic E-state index is 10.3. The number of hydrogen-bond donors (Lipinski definition) is 1. The van der Waals surface area contributed by atoms with E-state index in [4.69, 9.17) is 4.19 Å². The number of thiophene rings is 1. The molecular formula is C4H4O2SSe. The van der Waals surface area contributed by atoms with Gasteiger partial charge in [0.05, 0.1) is 0 Å². The summed E-state index contributed by atoms with van der Waals surface area (Å²) in [6, 6.07) is 3.44. The van der Waals surface area contributed by atoms with Crippen LogP contribution in [0.2, 0.25) is 0 Å². The summed E-state index contributed by atoms with van der Waals surface area (Å²) >= 11 is -1.27. The molecule has 1 N–H and O–H groups in total. The van der Waals surface area contributed by atoms with Crippen molar-refractivity contribution in [2.75, 3.05) is 0 Å². The number of rotatable bonds is 1. The average Bonchev–Trinajstić information content (AvgIpc) is 2.12. The molecule has 8 heavy (non-hydrogen) atoms. The van der Waals surface area contributed by atoms with Crippen molar-refractivity contribution in [3.8, 4) is 0 Å². The number of hydrogen-bond acceptors (Lipinski definition) is 2. The Kier molecular flexibility index (Phi) is 1.91. The standard InChI is InChI=1S/C4H4O2SSe/c5-8(6)4-2-1-3-7-4/h1-3H,(H,5,6). The molecule has 1 rings (SSSR count). The first-order chi connectivity index (χ1) is 3.80. The first kappa shape index (κ1) is 6.10. The van der Waals surface area contributed by atoms with Crippen LogP contribution in [0.15, 0.2) is 17.5 Å². The Bertz CT molecular complexity index is 182. The molecule has 1 atom stereocenters. The van der Waals surface area contributed by atoms with Crippen molar-refractivity contribution in [3.63, 3.8) is 0 Å². The van der Waals surface area contributed by atoms with Gasteiger partial charge in [-0.3, -0.25) is 0 Å². The van der Waals surface area contributed by atoms with Gasteiger partial charge in [0.25, 0.3) is 0 Å². The molecule has 4 heteroatoms. The molecule has 0 saturated heterocycles. The van der Waals surface area contributed by atoms with Crippen LogP contribution >= 0.6 is 11.3 Å². The van der Waals surface area contributed by atoms with E-state index in [1.54, 1.807) is 17.5 Å². The van der Waals surface area contributed by atoms with E-state index < -0.39 is 14.2 Å². The molecule has 0 radical (unpaired) electrons. The Balaban J connectivity index is 2.93. The third kappa shape index (κ3) is 1.23. The van der Waals surface area contributed by atoms with E-state index in [0.29, 0.717) is 3.78 Å². The maximum atomic E-state index is 10.3. The molecule has 1 aromatic rings. The summed E-state index contributed by atoms with van der Waals surface area (Å²) in [6.07, 6.45) is 0. The van der Waals surface area contributed by atoms with Crippen LogP contribution in [0.1, 0.15) is 0 Å². The molecule has 0 fully saturated rings. The summed E-state index contributed by atoms with van der Waals surface area (Å²) in [7, 11) is 0. The van der Waals surface area contributed by atoms with E-state index in [0.717, 1.165) is 0 Å². The van der Waals surface area contributed by atoms with Crippen LogP contribution in [0.5, 0.6) is 0 Å². The van der Waals surface area contributed by atoms with E-state index in [1.807, 2.05) is 0 Å². The molecule has 0 aliphatic rings. The topological polar surface area (TPSA) is 37.3 Å². The summed E-state index contributed by atoms with van der Waals surface area (Å²) < 4.78 is 19.4. The second-order valence-corrected chi connectivity index (χ2v) is 4.68. The molecule has 0 bridgehead atoms. The fourth-order valence-corrected chi connectivity index (χ4v) is 2.17. The van der Waals surface area contributed by atoms with Crippen molar-refractivity contribution >= 4 is 29.3 Å². The fraction of sp³-hybridized carbons (Fsp3) is 0. The molecular weight excluding hydrogens is 191 g/mol. The van der Waals surface area contributed by atoms with E-state index >= 15 is 0 Å². The molecule has 2 nitrogen and oxygen atoms in total. The minimum atomic E-state index is -2.59. The Morgan fingerprint density at radius 2 is 2.50 bits per heavy atom. The molecule has 0 aliphatic heterocycles. The third-order valence-electron chi connectivity index (χ3n) is 0.667. The van der Waals surface area contributed by atoms with Crippen LogP contribution in [0.4, 0.5) is 0 Å². The SMILES string of the molecule is O=[Se](O)c1cccs1. The van der Waals surface area contributed by atoms with Crippen molar-refractivity contribution in [2.24, 2.45) is 0 Å². The van der Waals surface area contributed by atoms with Crippen LogP contribution in [-0.4, -0.2) is 18.4 Å². The average molecular weight is 195 g/mol. The predicted octanol–water partition coefficient (Wildman–Crippen LogP) is -0.134. The van der Waals surface area contributed by atoms with Gasteiger partial charge in [0.2, 0.25) is 0 Å². The Morgan fingerprint density at radius 3 is 2.75 bits per heavy atom. The molecule has 44 valence electrons. The van der Waals surface area contributed by atoms with Gasteiger partial charge in [-0.25, -0.2) is 0 Å². The zero-order valence-corrected chi connectivity index (χ0v) is 6.43. The van der Waals surface area contributed by atoms with Crippen LogP contribution in [0.25, 0.3) is 0 Å². The third-order valence-corrected chi connectivity index (χ3v) is 3.68.